The molecule has 0 fully saturated rings. The third kappa shape index (κ3) is 15.7. The molecule has 3 nitrogen and oxygen atoms in total. The number of rotatable bonds is 12. The Labute approximate surface area is 135 Å². The molecular formula is C17H41BN2O. The minimum Gasteiger partial charge on any atom is -0.412 e. The zero-order chi connectivity index (χ0) is 15.7. The summed E-state index contributed by atoms with van der Waals surface area (Å²) in [5, 5.41) is 7.43. The largest absolute Gasteiger partial charge is 0.412 e. The van der Waals surface area contributed by atoms with Crippen LogP contribution in [0.25, 0.3) is 0 Å². The van der Waals surface area contributed by atoms with Crippen LogP contribution >= 0.6 is 0 Å². The Kier molecular flexibility index (Phi) is 23.6. The van der Waals surface area contributed by atoms with Gasteiger partial charge in [-0.1, -0.05) is 53.4 Å². The molecule has 0 aromatic rings. The molecule has 0 aliphatic carbocycles. The first-order valence-electron chi connectivity index (χ1n) is 8.32. The molecule has 0 radical (unpaired) electrons. The van der Waals surface area contributed by atoms with Gasteiger partial charge in [-0.2, -0.15) is 5.97 Å². The van der Waals surface area contributed by atoms with Crippen molar-refractivity contribution in [3.8, 4) is 5.97 Å². The van der Waals surface area contributed by atoms with Gasteiger partial charge in [0.15, 0.2) is 0 Å². The van der Waals surface area contributed by atoms with Crippen LogP contribution in [-0.4, -0.2) is 44.0 Å². The summed E-state index contributed by atoms with van der Waals surface area (Å²) in [5.74, 6) is 2.00. The van der Waals surface area contributed by atoms with Crippen LogP contribution in [0, 0.1) is 11.2 Å². The Bertz CT molecular complexity index is 192. The van der Waals surface area contributed by atoms with Gasteiger partial charge in [-0.25, -0.2) is 0 Å². The molecule has 0 aromatic heterocycles. The molecule has 0 aromatic carbocycles. The van der Waals surface area contributed by atoms with Gasteiger partial charge in [0.05, 0.1) is 34.0 Å². The lowest BCUT2D eigenvalue weighted by Gasteiger charge is -2.39. The summed E-state index contributed by atoms with van der Waals surface area (Å²) < 4.78 is 1.42. The van der Waals surface area contributed by atoms with E-state index in [0.717, 1.165) is 0 Å². The van der Waals surface area contributed by atoms with Gasteiger partial charge in [0.1, 0.15) is 0 Å². The molecule has 128 valence electrons. The highest BCUT2D eigenvalue weighted by molar-refractivity contribution is 6.20. The highest BCUT2D eigenvalue weighted by atomic mass is 16.0. The quantitative estimate of drug-likeness (QED) is 0.404. The van der Waals surface area contributed by atoms with Crippen LogP contribution in [0.2, 0.25) is 0 Å². The second-order valence-corrected chi connectivity index (χ2v) is 5.65. The molecule has 0 atom stereocenters. The average Bonchev–Trinajstić information content (AvgIpc) is 2.46. The number of nitriles is 1. The summed E-state index contributed by atoms with van der Waals surface area (Å²) in [4.78, 5) is 0. The molecule has 0 bridgehead atoms. The molecule has 0 saturated carbocycles. The van der Waals surface area contributed by atoms with E-state index in [2.05, 4.69) is 27.7 Å². The first kappa shape index (κ1) is 25.4. The van der Waals surface area contributed by atoms with E-state index in [1.807, 2.05) is 5.97 Å². The maximum atomic E-state index is 7.43. The molecule has 0 amide bonds. The van der Waals surface area contributed by atoms with Crippen LogP contribution in [-0.2, 0) is 0 Å². The predicted molar refractivity (Wildman–Crippen MR) is 98.5 cm³/mol. The van der Waals surface area contributed by atoms with Crippen molar-refractivity contribution in [3.05, 3.63) is 0 Å². The van der Waals surface area contributed by atoms with Crippen molar-refractivity contribution in [1.82, 2.24) is 0 Å². The SMILES string of the molecule is CCCC[N+](CCCC)(CCCC)CCCC.O.[BH3-]C#N. The van der Waals surface area contributed by atoms with Crippen LogP contribution in [0.3, 0.4) is 0 Å². The Hall–Kier alpha value is -0.525. The first-order chi connectivity index (χ1) is 9.66. The second kappa shape index (κ2) is 19.5. The van der Waals surface area contributed by atoms with E-state index in [4.69, 9.17) is 5.26 Å². The maximum absolute atomic E-state index is 7.43. The van der Waals surface area contributed by atoms with Crippen LogP contribution in [0.1, 0.15) is 79.1 Å². The fourth-order valence-corrected chi connectivity index (χ4v) is 2.64. The summed E-state index contributed by atoms with van der Waals surface area (Å²) in [7, 11) is 0.0694. The van der Waals surface area contributed by atoms with Crippen LogP contribution in [0.5, 0.6) is 0 Å². The number of hydrogen-bond donors (Lipinski definition) is 0. The molecule has 21 heavy (non-hydrogen) atoms. The summed E-state index contributed by atoms with van der Waals surface area (Å²) in [6, 6.07) is 0. The molecular weight excluding hydrogens is 259 g/mol. The van der Waals surface area contributed by atoms with Gasteiger partial charge in [-0.05, 0) is 25.7 Å². The van der Waals surface area contributed by atoms with E-state index in [-0.39, 0.29) is 13.3 Å². The Morgan fingerprint density at radius 2 is 0.905 bits per heavy atom. The lowest BCUT2D eigenvalue weighted by Crippen LogP contribution is -2.50. The third-order valence-electron chi connectivity index (χ3n) is 3.94. The normalized spacial score (nSPS) is 10.1. The minimum absolute atomic E-state index is 0. The van der Waals surface area contributed by atoms with Gasteiger partial charge in [0.25, 0.3) is 0 Å². The fraction of sp³-hybridized carbons (Fsp3) is 0.941. The van der Waals surface area contributed by atoms with Crippen LogP contribution in [0.4, 0.5) is 0 Å². The Morgan fingerprint density at radius 1 is 0.714 bits per heavy atom. The van der Waals surface area contributed by atoms with Gasteiger partial charge in [0.2, 0.25) is 0 Å². The predicted octanol–water partition coefficient (Wildman–Crippen LogP) is 3.01. The number of quaternary nitrogens is 1. The molecule has 4 heteroatoms. The van der Waals surface area contributed by atoms with E-state index in [9.17, 15) is 0 Å². The molecule has 0 aliphatic heterocycles. The fourth-order valence-electron chi connectivity index (χ4n) is 2.64. The minimum atomic E-state index is 0. The summed E-state index contributed by atoms with van der Waals surface area (Å²) in [6.07, 6.45) is 11.1. The van der Waals surface area contributed by atoms with Crippen molar-refractivity contribution in [2.24, 2.45) is 0 Å². The van der Waals surface area contributed by atoms with Crippen molar-refractivity contribution >= 4 is 7.85 Å². The summed E-state index contributed by atoms with van der Waals surface area (Å²) >= 11 is 0. The third-order valence-corrected chi connectivity index (χ3v) is 3.94. The highest BCUT2D eigenvalue weighted by Crippen LogP contribution is 2.16. The first-order valence-corrected chi connectivity index (χ1v) is 8.32. The van der Waals surface area contributed by atoms with Crippen molar-refractivity contribution in [1.29, 1.82) is 5.26 Å². The van der Waals surface area contributed by atoms with Gasteiger partial charge in [-0.15, -0.1) is 0 Å². The number of unbranched alkanes of at least 4 members (excludes halogenated alkanes) is 4. The van der Waals surface area contributed by atoms with Crippen molar-refractivity contribution in [2.75, 3.05) is 26.2 Å². The van der Waals surface area contributed by atoms with Gasteiger partial charge in [-0.3, -0.25) is 5.26 Å². The smallest absolute Gasteiger partial charge is 0.0786 e. The second-order valence-electron chi connectivity index (χ2n) is 5.65. The summed E-state index contributed by atoms with van der Waals surface area (Å²) in [5.41, 5.74) is 0. The molecule has 2 N–H and O–H groups in total. The topological polar surface area (TPSA) is 55.3 Å². The van der Waals surface area contributed by atoms with E-state index in [0.29, 0.717) is 0 Å². The van der Waals surface area contributed by atoms with Gasteiger partial charge >= 0.3 is 0 Å². The average molecular weight is 300 g/mol. The molecule has 0 saturated heterocycles. The van der Waals surface area contributed by atoms with E-state index >= 15 is 0 Å². The van der Waals surface area contributed by atoms with Crippen LogP contribution < -0.4 is 0 Å². The van der Waals surface area contributed by atoms with Crippen molar-refractivity contribution < 1.29 is 9.96 Å². The lowest BCUT2D eigenvalue weighted by molar-refractivity contribution is -0.929. The standard InChI is InChI=1S/C16H36N.CH3BN.H2O/c1-5-9-13-17(14-10-6-2,15-11-7-3)16-12-8-4;2-1-3;/h5-16H2,1-4H3;2H3;1H2/q+1;-1;. The van der Waals surface area contributed by atoms with Crippen molar-refractivity contribution in [3.63, 3.8) is 0 Å². The van der Waals surface area contributed by atoms with E-state index in [1.165, 1.54) is 82.0 Å². The molecule has 0 rings (SSSR count). The van der Waals surface area contributed by atoms with E-state index in [1.54, 1.807) is 0 Å². The highest BCUT2D eigenvalue weighted by Gasteiger charge is 2.24. The zero-order valence-electron chi connectivity index (χ0n) is 14.4. The zero-order valence-corrected chi connectivity index (χ0v) is 14.4. The molecule has 0 heterocycles. The van der Waals surface area contributed by atoms with Gasteiger partial charge in [0, 0.05) is 0 Å². The number of nitrogens with zero attached hydrogens (tertiary/aromatic N) is 2. The Balaban J connectivity index is -0.000000740. The molecule has 0 spiro atoms. The summed E-state index contributed by atoms with van der Waals surface area (Å²) in [6.45, 7) is 15.0. The molecule has 0 aliphatic rings. The Morgan fingerprint density at radius 3 is 1.05 bits per heavy atom. The lowest BCUT2D eigenvalue weighted by atomic mass is 10.1. The maximum Gasteiger partial charge on any atom is 0.0786 e. The number of hydrogen-bond acceptors (Lipinski definition) is 1. The molecule has 0 unspecified atom stereocenters. The van der Waals surface area contributed by atoms with Crippen molar-refractivity contribution in [2.45, 2.75) is 79.1 Å². The monoisotopic (exact) mass is 300 g/mol. The van der Waals surface area contributed by atoms with Crippen LogP contribution in [0.15, 0.2) is 0 Å². The van der Waals surface area contributed by atoms with E-state index < -0.39 is 0 Å². The van der Waals surface area contributed by atoms with Gasteiger partial charge < -0.3 is 9.96 Å².